The van der Waals surface area contributed by atoms with Gasteiger partial charge in [-0.05, 0) is 43.3 Å². The van der Waals surface area contributed by atoms with Crippen LogP contribution in [0.25, 0.3) is 0 Å². The van der Waals surface area contributed by atoms with Crippen molar-refractivity contribution < 1.29 is 13.5 Å². The summed E-state index contributed by atoms with van der Waals surface area (Å²) in [7, 11) is 3.31. The molecule has 0 aliphatic carbocycles. The molecular formula is C14H16FNO2. The van der Waals surface area contributed by atoms with E-state index in [0.717, 1.165) is 11.3 Å². The minimum absolute atomic E-state index is 0.0350. The number of halogens is 1. The first kappa shape index (κ1) is 12.6. The summed E-state index contributed by atoms with van der Waals surface area (Å²) in [6.07, 6.45) is 2.29. The highest BCUT2D eigenvalue weighted by Gasteiger charge is 2.14. The molecule has 0 spiro atoms. The second-order valence-corrected chi connectivity index (χ2v) is 4.03. The SMILES string of the molecule is CNC(Cc1ccc(OC)c(F)c1)c1ccco1. The fraction of sp³-hybridized carbons (Fsp3) is 0.286. The zero-order valence-corrected chi connectivity index (χ0v) is 10.4. The molecule has 96 valence electrons. The fourth-order valence-electron chi connectivity index (χ4n) is 1.91. The molecule has 0 fully saturated rings. The second kappa shape index (κ2) is 5.69. The quantitative estimate of drug-likeness (QED) is 0.884. The van der Waals surface area contributed by atoms with E-state index in [9.17, 15) is 4.39 Å². The van der Waals surface area contributed by atoms with E-state index in [0.29, 0.717) is 6.42 Å². The zero-order chi connectivity index (χ0) is 13.0. The third kappa shape index (κ3) is 2.71. The first-order chi connectivity index (χ1) is 8.74. The molecule has 1 N–H and O–H groups in total. The van der Waals surface area contributed by atoms with Gasteiger partial charge >= 0.3 is 0 Å². The summed E-state index contributed by atoms with van der Waals surface area (Å²) in [6.45, 7) is 0. The highest BCUT2D eigenvalue weighted by atomic mass is 19.1. The Morgan fingerprint density at radius 3 is 2.78 bits per heavy atom. The fourth-order valence-corrected chi connectivity index (χ4v) is 1.91. The first-order valence-corrected chi connectivity index (χ1v) is 5.77. The predicted octanol–water partition coefficient (Wildman–Crippen LogP) is 2.93. The Bertz CT molecular complexity index is 497. The number of likely N-dealkylation sites (N-methyl/N-ethyl adjacent to an activating group) is 1. The monoisotopic (exact) mass is 249 g/mol. The molecule has 3 nitrogen and oxygen atoms in total. The van der Waals surface area contributed by atoms with Gasteiger partial charge in [-0.15, -0.1) is 0 Å². The van der Waals surface area contributed by atoms with Crippen LogP contribution in [0.5, 0.6) is 5.75 Å². The zero-order valence-electron chi connectivity index (χ0n) is 10.4. The van der Waals surface area contributed by atoms with Gasteiger partial charge in [0, 0.05) is 0 Å². The van der Waals surface area contributed by atoms with Crippen molar-refractivity contribution in [2.24, 2.45) is 0 Å². The summed E-state index contributed by atoms with van der Waals surface area (Å²) in [5.74, 6) is 0.760. The summed E-state index contributed by atoms with van der Waals surface area (Å²) >= 11 is 0. The van der Waals surface area contributed by atoms with Crippen LogP contribution in [0.2, 0.25) is 0 Å². The number of methoxy groups -OCH3 is 1. The Morgan fingerprint density at radius 1 is 1.39 bits per heavy atom. The molecule has 0 amide bonds. The molecular weight excluding hydrogens is 233 g/mol. The third-order valence-corrected chi connectivity index (χ3v) is 2.89. The van der Waals surface area contributed by atoms with Gasteiger partial charge in [-0.25, -0.2) is 4.39 Å². The smallest absolute Gasteiger partial charge is 0.165 e. The normalized spacial score (nSPS) is 12.4. The van der Waals surface area contributed by atoms with E-state index in [-0.39, 0.29) is 17.6 Å². The number of benzene rings is 1. The van der Waals surface area contributed by atoms with E-state index < -0.39 is 0 Å². The molecule has 0 aliphatic rings. The molecule has 1 aromatic carbocycles. The lowest BCUT2D eigenvalue weighted by Crippen LogP contribution is -2.18. The van der Waals surface area contributed by atoms with Crippen LogP contribution in [0, 0.1) is 5.82 Å². The molecule has 1 heterocycles. The van der Waals surface area contributed by atoms with Crippen molar-refractivity contribution in [1.29, 1.82) is 0 Å². The molecule has 1 atom stereocenters. The van der Waals surface area contributed by atoms with Crippen LogP contribution in [0.4, 0.5) is 4.39 Å². The Hall–Kier alpha value is -1.81. The predicted molar refractivity (Wildman–Crippen MR) is 67.2 cm³/mol. The largest absolute Gasteiger partial charge is 0.494 e. The van der Waals surface area contributed by atoms with Gasteiger partial charge in [-0.2, -0.15) is 0 Å². The van der Waals surface area contributed by atoms with Gasteiger partial charge < -0.3 is 14.5 Å². The lowest BCUT2D eigenvalue weighted by atomic mass is 10.0. The second-order valence-electron chi connectivity index (χ2n) is 4.03. The van der Waals surface area contributed by atoms with Crippen LogP contribution < -0.4 is 10.1 Å². The van der Waals surface area contributed by atoms with Gasteiger partial charge in [0.1, 0.15) is 5.76 Å². The van der Waals surface area contributed by atoms with Crippen molar-refractivity contribution in [3.05, 3.63) is 53.7 Å². The van der Waals surface area contributed by atoms with Crippen molar-refractivity contribution in [3.63, 3.8) is 0 Å². The first-order valence-electron chi connectivity index (χ1n) is 5.77. The average molecular weight is 249 g/mol. The lowest BCUT2D eigenvalue weighted by molar-refractivity contribution is 0.385. The van der Waals surface area contributed by atoms with E-state index in [1.165, 1.54) is 13.2 Å². The number of hydrogen-bond acceptors (Lipinski definition) is 3. The minimum Gasteiger partial charge on any atom is -0.494 e. The number of nitrogens with one attached hydrogen (secondary N) is 1. The maximum Gasteiger partial charge on any atom is 0.165 e. The van der Waals surface area contributed by atoms with E-state index in [2.05, 4.69) is 5.32 Å². The van der Waals surface area contributed by atoms with Gasteiger partial charge in [0.15, 0.2) is 11.6 Å². The summed E-state index contributed by atoms with van der Waals surface area (Å²) in [6, 6.07) is 8.77. The molecule has 2 aromatic rings. The van der Waals surface area contributed by atoms with E-state index >= 15 is 0 Å². The van der Waals surface area contributed by atoms with Crippen LogP contribution in [-0.2, 0) is 6.42 Å². The van der Waals surface area contributed by atoms with Crippen LogP contribution in [0.1, 0.15) is 17.4 Å². The van der Waals surface area contributed by atoms with Gasteiger partial charge in [0.25, 0.3) is 0 Å². The van der Waals surface area contributed by atoms with Crippen LogP contribution >= 0.6 is 0 Å². The van der Waals surface area contributed by atoms with E-state index in [1.807, 2.05) is 25.2 Å². The number of furan rings is 1. The Balaban J connectivity index is 2.15. The molecule has 0 saturated carbocycles. The third-order valence-electron chi connectivity index (χ3n) is 2.89. The van der Waals surface area contributed by atoms with Crippen molar-refractivity contribution >= 4 is 0 Å². The van der Waals surface area contributed by atoms with Crippen LogP contribution in [0.3, 0.4) is 0 Å². The molecule has 1 unspecified atom stereocenters. The average Bonchev–Trinajstić information content (AvgIpc) is 2.90. The molecule has 18 heavy (non-hydrogen) atoms. The van der Waals surface area contributed by atoms with Crippen LogP contribution in [0.15, 0.2) is 41.0 Å². The van der Waals surface area contributed by atoms with Crippen molar-refractivity contribution in [1.82, 2.24) is 5.32 Å². The molecule has 0 radical (unpaired) electrons. The van der Waals surface area contributed by atoms with Crippen molar-refractivity contribution in [2.75, 3.05) is 14.2 Å². The van der Waals surface area contributed by atoms with Gasteiger partial charge in [0.2, 0.25) is 0 Å². The van der Waals surface area contributed by atoms with Gasteiger partial charge in [-0.1, -0.05) is 6.07 Å². The number of ether oxygens (including phenoxy) is 1. The molecule has 1 aromatic heterocycles. The molecule has 0 bridgehead atoms. The number of rotatable bonds is 5. The summed E-state index contributed by atoms with van der Waals surface area (Å²) in [5.41, 5.74) is 0.893. The van der Waals surface area contributed by atoms with E-state index in [4.69, 9.17) is 9.15 Å². The topological polar surface area (TPSA) is 34.4 Å². The molecule has 2 rings (SSSR count). The summed E-state index contributed by atoms with van der Waals surface area (Å²) in [5, 5.41) is 3.15. The maximum absolute atomic E-state index is 13.6. The maximum atomic E-state index is 13.6. The van der Waals surface area contributed by atoms with Gasteiger partial charge in [0.05, 0.1) is 19.4 Å². The lowest BCUT2D eigenvalue weighted by Gasteiger charge is -2.14. The summed E-state index contributed by atoms with van der Waals surface area (Å²) < 4.78 is 23.8. The highest BCUT2D eigenvalue weighted by Crippen LogP contribution is 2.22. The standard InChI is InChI=1S/C14H16FNO2/c1-16-12(14-4-3-7-18-14)9-10-5-6-13(17-2)11(15)8-10/h3-8,12,16H,9H2,1-2H3. The van der Waals surface area contributed by atoms with Crippen LogP contribution in [-0.4, -0.2) is 14.2 Å². The Kier molecular flexibility index (Phi) is 3.99. The van der Waals surface area contributed by atoms with Crippen molar-refractivity contribution in [3.8, 4) is 5.75 Å². The number of hydrogen-bond donors (Lipinski definition) is 1. The highest BCUT2D eigenvalue weighted by molar-refractivity contribution is 5.30. The summed E-state index contributed by atoms with van der Waals surface area (Å²) in [4.78, 5) is 0. The Morgan fingerprint density at radius 2 is 2.22 bits per heavy atom. The molecule has 0 aliphatic heterocycles. The molecule has 4 heteroatoms. The Labute approximate surface area is 106 Å². The minimum atomic E-state index is -0.343. The van der Waals surface area contributed by atoms with E-state index in [1.54, 1.807) is 12.3 Å². The molecule has 0 saturated heterocycles. The van der Waals surface area contributed by atoms with Crippen molar-refractivity contribution in [2.45, 2.75) is 12.5 Å². The van der Waals surface area contributed by atoms with Gasteiger partial charge in [-0.3, -0.25) is 0 Å².